The topological polar surface area (TPSA) is 47.0 Å². The molecule has 4 heteroatoms. The van der Waals surface area contributed by atoms with Crippen molar-refractivity contribution in [2.75, 3.05) is 12.4 Å². The van der Waals surface area contributed by atoms with Gasteiger partial charge in [-0.2, -0.15) is 0 Å². The van der Waals surface area contributed by atoms with E-state index in [1.54, 1.807) is 12.4 Å². The van der Waals surface area contributed by atoms with Crippen molar-refractivity contribution in [1.82, 2.24) is 9.97 Å². The monoisotopic (exact) mass is 265 g/mol. The van der Waals surface area contributed by atoms with Crippen LogP contribution in [0.1, 0.15) is 5.56 Å². The van der Waals surface area contributed by atoms with Gasteiger partial charge in [-0.1, -0.05) is 6.07 Å². The van der Waals surface area contributed by atoms with Crippen LogP contribution in [-0.2, 0) is 6.61 Å². The normalized spacial score (nSPS) is 10.4. The summed E-state index contributed by atoms with van der Waals surface area (Å²) in [6, 6.07) is 13.8. The molecule has 0 bridgehead atoms. The molecule has 0 aliphatic carbocycles. The number of anilines is 1. The van der Waals surface area contributed by atoms with E-state index in [4.69, 9.17) is 4.74 Å². The van der Waals surface area contributed by atoms with E-state index in [0.717, 1.165) is 28.0 Å². The highest BCUT2D eigenvalue weighted by Gasteiger charge is 2.03. The highest BCUT2D eigenvalue weighted by Crippen LogP contribution is 2.24. The number of aromatic nitrogens is 2. The quantitative estimate of drug-likeness (QED) is 0.786. The fraction of sp³-hybridized carbons (Fsp3) is 0.125. The molecule has 0 amide bonds. The Morgan fingerprint density at radius 3 is 2.90 bits per heavy atom. The van der Waals surface area contributed by atoms with Crippen LogP contribution in [-0.4, -0.2) is 17.0 Å². The third kappa shape index (κ3) is 2.54. The molecule has 0 atom stereocenters. The van der Waals surface area contributed by atoms with Crippen molar-refractivity contribution in [3.8, 4) is 5.75 Å². The molecular formula is C16H15N3O. The molecule has 4 nitrogen and oxygen atoms in total. The first-order chi connectivity index (χ1) is 9.86. The third-order valence-corrected chi connectivity index (χ3v) is 3.08. The number of nitrogens with zero attached hydrogens (tertiary/aromatic N) is 2. The molecule has 0 fully saturated rings. The van der Waals surface area contributed by atoms with Gasteiger partial charge in [0.15, 0.2) is 0 Å². The fourth-order valence-electron chi connectivity index (χ4n) is 2.06. The Morgan fingerprint density at radius 1 is 1.05 bits per heavy atom. The maximum Gasteiger partial charge on any atom is 0.129 e. The van der Waals surface area contributed by atoms with Gasteiger partial charge in [0.05, 0.1) is 5.52 Å². The predicted octanol–water partition coefficient (Wildman–Crippen LogP) is 3.25. The van der Waals surface area contributed by atoms with E-state index in [1.807, 2.05) is 49.5 Å². The number of pyridine rings is 2. The molecule has 1 aromatic carbocycles. The molecule has 0 saturated carbocycles. The number of nitrogens with one attached hydrogen (secondary N) is 1. The van der Waals surface area contributed by atoms with Crippen molar-refractivity contribution < 1.29 is 4.74 Å². The Balaban J connectivity index is 1.83. The average molecular weight is 265 g/mol. The summed E-state index contributed by atoms with van der Waals surface area (Å²) in [6.07, 6.45) is 3.56. The second kappa shape index (κ2) is 5.57. The van der Waals surface area contributed by atoms with E-state index in [0.29, 0.717) is 6.61 Å². The minimum absolute atomic E-state index is 0.505. The van der Waals surface area contributed by atoms with Crippen molar-refractivity contribution in [1.29, 1.82) is 0 Å². The lowest BCUT2D eigenvalue weighted by atomic mass is 10.2. The Hall–Kier alpha value is -2.62. The summed E-state index contributed by atoms with van der Waals surface area (Å²) in [6.45, 7) is 0.505. The van der Waals surface area contributed by atoms with Crippen LogP contribution >= 0.6 is 0 Å². The van der Waals surface area contributed by atoms with Crippen LogP contribution in [0.25, 0.3) is 10.9 Å². The van der Waals surface area contributed by atoms with Crippen LogP contribution in [0.5, 0.6) is 5.75 Å². The lowest BCUT2D eigenvalue weighted by Gasteiger charge is -2.09. The SMILES string of the molecule is CNc1cc(COc2cccc3ncccc23)ccn1. The Morgan fingerprint density at radius 2 is 2.00 bits per heavy atom. The molecule has 1 N–H and O–H groups in total. The average Bonchev–Trinajstić information content (AvgIpc) is 2.53. The van der Waals surface area contributed by atoms with Crippen molar-refractivity contribution >= 4 is 16.7 Å². The third-order valence-electron chi connectivity index (χ3n) is 3.08. The highest BCUT2D eigenvalue weighted by atomic mass is 16.5. The van der Waals surface area contributed by atoms with Crippen LogP contribution in [0.4, 0.5) is 5.82 Å². The van der Waals surface area contributed by atoms with Gasteiger partial charge in [-0.25, -0.2) is 4.98 Å². The molecule has 0 aliphatic heterocycles. The van der Waals surface area contributed by atoms with Crippen molar-refractivity contribution in [2.45, 2.75) is 6.61 Å². The smallest absolute Gasteiger partial charge is 0.129 e. The zero-order valence-corrected chi connectivity index (χ0v) is 11.2. The Kier molecular flexibility index (Phi) is 3.46. The highest BCUT2D eigenvalue weighted by molar-refractivity contribution is 5.84. The summed E-state index contributed by atoms with van der Waals surface area (Å²) in [5.74, 6) is 1.68. The largest absolute Gasteiger partial charge is 0.488 e. The lowest BCUT2D eigenvalue weighted by molar-refractivity contribution is 0.310. The lowest BCUT2D eigenvalue weighted by Crippen LogP contribution is -1.99. The van der Waals surface area contributed by atoms with E-state index in [9.17, 15) is 0 Å². The molecule has 3 aromatic rings. The van der Waals surface area contributed by atoms with Gasteiger partial charge in [0.2, 0.25) is 0 Å². The first-order valence-corrected chi connectivity index (χ1v) is 6.46. The molecular weight excluding hydrogens is 250 g/mol. The first kappa shape index (κ1) is 12.4. The van der Waals surface area contributed by atoms with Gasteiger partial charge in [-0.15, -0.1) is 0 Å². The van der Waals surface area contributed by atoms with Gasteiger partial charge in [0, 0.05) is 24.8 Å². The minimum Gasteiger partial charge on any atom is -0.488 e. The molecule has 3 rings (SSSR count). The van der Waals surface area contributed by atoms with Crippen LogP contribution in [0.2, 0.25) is 0 Å². The zero-order valence-electron chi connectivity index (χ0n) is 11.2. The van der Waals surface area contributed by atoms with Gasteiger partial charge < -0.3 is 10.1 Å². The van der Waals surface area contributed by atoms with Gasteiger partial charge in [-0.05, 0) is 42.0 Å². The number of benzene rings is 1. The fourth-order valence-corrected chi connectivity index (χ4v) is 2.06. The van der Waals surface area contributed by atoms with Crippen molar-refractivity contribution in [3.05, 3.63) is 60.4 Å². The number of hydrogen-bond acceptors (Lipinski definition) is 4. The summed E-state index contributed by atoms with van der Waals surface area (Å²) in [4.78, 5) is 8.51. The summed E-state index contributed by atoms with van der Waals surface area (Å²) < 4.78 is 5.91. The molecule has 100 valence electrons. The zero-order chi connectivity index (χ0) is 13.8. The molecule has 0 saturated heterocycles. The van der Waals surface area contributed by atoms with Gasteiger partial charge >= 0.3 is 0 Å². The van der Waals surface area contributed by atoms with E-state index >= 15 is 0 Å². The maximum absolute atomic E-state index is 5.91. The standard InChI is InChI=1S/C16H15N3O/c1-17-16-10-12(7-9-19-16)11-20-15-6-2-5-14-13(15)4-3-8-18-14/h2-10H,11H2,1H3,(H,17,19). The second-order valence-corrected chi connectivity index (χ2v) is 4.41. The van der Waals surface area contributed by atoms with Gasteiger partial charge in [0.25, 0.3) is 0 Å². The Bertz CT molecular complexity index is 722. The van der Waals surface area contributed by atoms with Crippen LogP contribution in [0, 0.1) is 0 Å². The maximum atomic E-state index is 5.91. The number of ether oxygens (including phenoxy) is 1. The summed E-state index contributed by atoms with van der Waals surface area (Å²) in [7, 11) is 1.85. The van der Waals surface area contributed by atoms with Crippen molar-refractivity contribution in [3.63, 3.8) is 0 Å². The summed E-state index contributed by atoms with van der Waals surface area (Å²) in [5.41, 5.74) is 2.01. The molecule has 20 heavy (non-hydrogen) atoms. The number of hydrogen-bond donors (Lipinski definition) is 1. The van der Waals surface area contributed by atoms with Crippen molar-refractivity contribution in [2.24, 2.45) is 0 Å². The van der Waals surface area contributed by atoms with E-state index in [2.05, 4.69) is 15.3 Å². The molecule has 2 aromatic heterocycles. The number of rotatable bonds is 4. The molecule has 0 spiro atoms. The molecule has 2 heterocycles. The molecule has 0 unspecified atom stereocenters. The summed E-state index contributed by atoms with van der Waals surface area (Å²) >= 11 is 0. The van der Waals surface area contributed by atoms with Gasteiger partial charge in [-0.3, -0.25) is 4.98 Å². The summed E-state index contributed by atoms with van der Waals surface area (Å²) in [5, 5.41) is 4.04. The Labute approximate surface area is 117 Å². The van der Waals surface area contributed by atoms with E-state index < -0.39 is 0 Å². The second-order valence-electron chi connectivity index (χ2n) is 4.41. The first-order valence-electron chi connectivity index (χ1n) is 6.46. The van der Waals surface area contributed by atoms with Gasteiger partial charge in [0.1, 0.15) is 18.2 Å². The molecule has 0 aliphatic rings. The van der Waals surface area contributed by atoms with E-state index in [-0.39, 0.29) is 0 Å². The van der Waals surface area contributed by atoms with Crippen LogP contribution in [0.3, 0.4) is 0 Å². The van der Waals surface area contributed by atoms with Crippen LogP contribution < -0.4 is 10.1 Å². The molecule has 0 radical (unpaired) electrons. The minimum atomic E-state index is 0.505. The predicted molar refractivity (Wildman–Crippen MR) is 79.9 cm³/mol. The van der Waals surface area contributed by atoms with Crippen LogP contribution in [0.15, 0.2) is 54.9 Å². The number of fused-ring (bicyclic) bond motifs is 1. The van der Waals surface area contributed by atoms with E-state index in [1.165, 1.54) is 0 Å².